The first-order valence-corrected chi connectivity index (χ1v) is 5.59. The van der Waals surface area contributed by atoms with Crippen LogP contribution in [0.25, 0.3) is 22.6 Å². The van der Waals surface area contributed by atoms with E-state index >= 15 is 0 Å². The molecule has 0 saturated heterocycles. The molecule has 0 saturated carbocycles. The van der Waals surface area contributed by atoms with Crippen LogP contribution in [-0.2, 0) is 0 Å². The maximum Gasteiger partial charge on any atom is 0.201 e. The smallest absolute Gasteiger partial charge is 0.201 e. The van der Waals surface area contributed by atoms with Crippen LogP contribution in [0.5, 0.6) is 0 Å². The Kier molecular flexibility index (Phi) is 2.31. The van der Waals surface area contributed by atoms with E-state index in [4.69, 9.17) is 27.6 Å². The lowest BCUT2D eigenvalue weighted by atomic mass is 10.2. The lowest BCUT2D eigenvalue weighted by molar-refractivity contribution is 0.612. The largest absolute Gasteiger partial charge is 0.453 e. The predicted octanol–water partition coefficient (Wildman–Crippen LogP) is 3.60. The topological polar surface area (TPSA) is 43.1 Å². The van der Waals surface area contributed by atoms with E-state index in [9.17, 15) is 4.79 Å². The Morgan fingerprint density at radius 1 is 1.12 bits per heavy atom. The quantitative estimate of drug-likeness (QED) is 0.584. The fraction of sp³-hybridized carbons (Fsp3) is 0. The van der Waals surface area contributed by atoms with Gasteiger partial charge < -0.3 is 4.42 Å². The average Bonchev–Trinajstić information content (AvgIpc) is 2.28. The first-order chi connectivity index (χ1) is 8.13. The molecule has 2 aliphatic rings. The van der Waals surface area contributed by atoms with Gasteiger partial charge in [0.25, 0.3) is 0 Å². The van der Waals surface area contributed by atoms with Crippen molar-refractivity contribution in [3.05, 3.63) is 50.6 Å². The van der Waals surface area contributed by atoms with E-state index in [2.05, 4.69) is 4.98 Å². The Morgan fingerprint density at radius 3 is 2.76 bits per heavy atom. The van der Waals surface area contributed by atoms with Crippen molar-refractivity contribution in [2.24, 2.45) is 0 Å². The molecule has 1 aliphatic heterocycles. The first-order valence-electron chi connectivity index (χ1n) is 4.83. The van der Waals surface area contributed by atoms with Crippen molar-refractivity contribution < 1.29 is 4.42 Å². The molecule has 0 fully saturated rings. The monoisotopic (exact) mass is 265 g/mol. The number of rotatable bonds is 0. The molecule has 0 spiro atoms. The van der Waals surface area contributed by atoms with Gasteiger partial charge in [-0.15, -0.1) is 0 Å². The Hall–Kier alpha value is -1.58. The molecule has 0 amide bonds. The molecule has 1 aromatic rings. The number of aromatic nitrogens is 1. The molecule has 84 valence electrons. The molecule has 3 rings (SSSR count). The number of hydrogen-bond acceptors (Lipinski definition) is 3. The summed E-state index contributed by atoms with van der Waals surface area (Å²) in [7, 11) is 0. The molecule has 3 nitrogen and oxygen atoms in total. The molecule has 0 aromatic heterocycles. The van der Waals surface area contributed by atoms with Gasteiger partial charge in [-0.25, -0.2) is 4.98 Å². The van der Waals surface area contributed by atoms with Gasteiger partial charge in [0.05, 0.1) is 5.02 Å². The minimum atomic E-state index is -0.280. The summed E-state index contributed by atoms with van der Waals surface area (Å²) in [6, 6.07) is 7.93. The minimum Gasteiger partial charge on any atom is -0.453 e. The SMILES string of the molecule is O=c1cc2oc3ccc(Cl)cc3nc-2cc1Cl. The minimum absolute atomic E-state index is 0.126. The third-order valence-electron chi connectivity index (χ3n) is 2.40. The second kappa shape index (κ2) is 3.72. The number of hydrogen-bond donors (Lipinski definition) is 0. The number of fused-ring (bicyclic) bond motifs is 2. The third-order valence-corrected chi connectivity index (χ3v) is 2.93. The number of nitrogens with zero attached hydrogens (tertiary/aromatic N) is 1. The van der Waals surface area contributed by atoms with Crippen molar-refractivity contribution in [2.75, 3.05) is 0 Å². The second-order valence-electron chi connectivity index (χ2n) is 3.58. The molecule has 1 heterocycles. The van der Waals surface area contributed by atoms with Crippen molar-refractivity contribution >= 4 is 34.3 Å². The second-order valence-corrected chi connectivity index (χ2v) is 4.42. The van der Waals surface area contributed by atoms with Gasteiger partial charge in [-0.3, -0.25) is 4.79 Å². The summed E-state index contributed by atoms with van der Waals surface area (Å²) in [6.45, 7) is 0. The van der Waals surface area contributed by atoms with Gasteiger partial charge in [-0.2, -0.15) is 0 Å². The summed E-state index contributed by atoms with van der Waals surface area (Å²) in [5.41, 5.74) is 1.45. The molecule has 0 N–H and O–H groups in total. The van der Waals surface area contributed by atoms with Gasteiger partial charge in [0.2, 0.25) is 5.43 Å². The molecular weight excluding hydrogens is 261 g/mol. The Balaban J connectivity index is 2.45. The van der Waals surface area contributed by atoms with Crippen LogP contribution in [0.1, 0.15) is 0 Å². The van der Waals surface area contributed by atoms with Crippen LogP contribution in [0.4, 0.5) is 0 Å². The van der Waals surface area contributed by atoms with Crippen LogP contribution in [0.15, 0.2) is 39.5 Å². The maximum atomic E-state index is 11.4. The van der Waals surface area contributed by atoms with E-state index in [1.165, 1.54) is 12.1 Å². The highest BCUT2D eigenvalue weighted by atomic mass is 35.5. The van der Waals surface area contributed by atoms with Gasteiger partial charge >= 0.3 is 0 Å². The molecule has 5 heteroatoms. The zero-order valence-corrected chi connectivity index (χ0v) is 9.92. The van der Waals surface area contributed by atoms with Gasteiger partial charge in [0.15, 0.2) is 11.3 Å². The van der Waals surface area contributed by atoms with Crippen LogP contribution in [-0.4, -0.2) is 4.98 Å². The summed E-state index contributed by atoms with van der Waals surface area (Å²) in [5.74, 6) is 0.411. The van der Waals surface area contributed by atoms with Crippen LogP contribution in [0.3, 0.4) is 0 Å². The van der Waals surface area contributed by atoms with E-state index < -0.39 is 0 Å². The normalized spacial score (nSPS) is 11.2. The van der Waals surface area contributed by atoms with Crippen molar-refractivity contribution in [1.82, 2.24) is 4.98 Å². The van der Waals surface area contributed by atoms with Crippen molar-refractivity contribution in [2.45, 2.75) is 0 Å². The van der Waals surface area contributed by atoms with E-state index in [1.54, 1.807) is 18.2 Å². The average molecular weight is 266 g/mol. The molecule has 0 bridgehead atoms. The van der Waals surface area contributed by atoms with Crippen LogP contribution in [0.2, 0.25) is 10.0 Å². The lowest BCUT2D eigenvalue weighted by Crippen LogP contribution is -2.02. The van der Waals surface area contributed by atoms with Crippen molar-refractivity contribution in [1.29, 1.82) is 0 Å². The van der Waals surface area contributed by atoms with Crippen LogP contribution in [0, 0.1) is 0 Å². The molecule has 0 unspecified atom stereocenters. The molecule has 1 aromatic carbocycles. The van der Waals surface area contributed by atoms with E-state index in [1.807, 2.05) is 0 Å². The fourth-order valence-electron chi connectivity index (χ4n) is 1.61. The summed E-state index contributed by atoms with van der Waals surface area (Å²) in [6.07, 6.45) is 0. The predicted molar refractivity (Wildman–Crippen MR) is 66.9 cm³/mol. The van der Waals surface area contributed by atoms with Gasteiger partial charge in [0.1, 0.15) is 11.2 Å². The molecular formula is C12H5Cl2NO2. The Morgan fingerprint density at radius 2 is 1.94 bits per heavy atom. The molecule has 0 atom stereocenters. The molecule has 1 aliphatic carbocycles. The van der Waals surface area contributed by atoms with Crippen LogP contribution < -0.4 is 5.43 Å². The van der Waals surface area contributed by atoms with Gasteiger partial charge in [0, 0.05) is 11.1 Å². The molecule has 0 radical (unpaired) electrons. The lowest BCUT2D eigenvalue weighted by Gasteiger charge is -2.05. The van der Waals surface area contributed by atoms with Crippen molar-refractivity contribution in [3.63, 3.8) is 0 Å². The number of halogens is 2. The zero-order valence-electron chi connectivity index (χ0n) is 8.41. The zero-order chi connectivity index (χ0) is 12.0. The Bertz CT molecular complexity index is 751. The molecule has 17 heavy (non-hydrogen) atoms. The van der Waals surface area contributed by atoms with Crippen LogP contribution >= 0.6 is 23.2 Å². The van der Waals surface area contributed by atoms with E-state index in [0.29, 0.717) is 27.6 Å². The summed E-state index contributed by atoms with van der Waals surface area (Å²) >= 11 is 11.6. The summed E-state index contributed by atoms with van der Waals surface area (Å²) in [4.78, 5) is 15.7. The first kappa shape index (κ1) is 10.6. The maximum absolute atomic E-state index is 11.4. The van der Waals surface area contributed by atoms with E-state index in [-0.39, 0.29) is 10.5 Å². The summed E-state index contributed by atoms with van der Waals surface area (Å²) in [5, 5.41) is 0.702. The highest BCUT2D eigenvalue weighted by Crippen LogP contribution is 2.26. The van der Waals surface area contributed by atoms with Gasteiger partial charge in [-0.05, 0) is 24.3 Å². The third kappa shape index (κ3) is 1.77. The fourth-order valence-corrected chi connectivity index (χ4v) is 1.93. The highest BCUT2D eigenvalue weighted by molar-refractivity contribution is 6.31. The summed E-state index contributed by atoms with van der Waals surface area (Å²) < 4.78 is 5.56. The van der Waals surface area contributed by atoms with Crippen molar-refractivity contribution in [3.8, 4) is 11.5 Å². The van der Waals surface area contributed by atoms with E-state index in [0.717, 1.165) is 0 Å². The standard InChI is InChI=1S/C12H5Cl2NO2/c13-6-1-2-11-8(3-6)15-9-4-7(14)10(16)5-12(9)17-11/h1-5H. The van der Waals surface area contributed by atoms with Gasteiger partial charge in [-0.1, -0.05) is 23.2 Å². The highest BCUT2D eigenvalue weighted by Gasteiger charge is 2.11. The Labute approximate surface area is 106 Å². The number of benzene rings is 2.